The molecule has 7 nitrogen and oxygen atoms in total. The van der Waals surface area contributed by atoms with Gasteiger partial charge in [0, 0.05) is 23.7 Å². The molecule has 38 heavy (non-hydrogen) atoms. The molecule has 0 bridgehead atoms. The molecule has 0 spiro atoms. The predicted molar refractivity (Wildman–Crippen MR) is 142 cm³/mol. The molecular formula is C26H28ClF3N4O3S. The Kier molecular flexibility index (Phi) is 10.0. The van der Waals surface area contributed by atoms with Gasteiger partial charge < -0.3 is 15.4 Å². The molecule has 4 N–H and O–H groups in total. The van der Waals surface area contributed by atoms with Crippen LogP contribution in [0.4, 0.5) is 18.9 Å². The van der Waals surface area contributed by atoms with Crippen molar-refractivity contribution in [3.05, 3.63) is 82.9 Å². The smallest absolute Gasteiger partial charge is 0.405 e. The van der Waals surface area contributed by atoms with Crippen LogP contribution < -0.4 is 20.1 Å². The van der Waals surface area contributed by atoms with Crippen LogP contribution in [0.25, 0.3) is 0 Å². The first-order chi connectivity index (χ1) is 18.0. The fraction of sp³-hybridized carbons (Fsp3) is 0.269. The monoisotopic (exact) mass is 568 g/mol. The number of carbonyl (C=O) groups is 1. The van der Waals surface area contributed by atoms with Crippen molar-refractivity contribution in [1.29, 1.82) is 4.78 Å². The van der Waals surface area contributed by atoms with E-state index in [0.717, 1.165) is 18.9 Å². The van der Waals surface area contributed by atoms with Crippen LogP contribution in [-0.4, -0.2) is 29.4 Å². The minimum atomic E-state index is -4.61. The number of amides is 1. The number of unbranched alkanes of at least 4 members (excludes halogenated alkanes) is 1. The molecule has 0 aliphatic heterocycles. The van der Waals surface area contributed by atoms with E-state index >= 15 is 0 Å². The van der Waals surface area contributed by atoms with Crippen LogP contribution in [-0.2, 0) is 16.5 Å². The molecule has 3 aromatic rings. The van der Waals surface area contributed by atoms with Crippen LogP contribution in [0, 0.1) is 4.78 Å². The molecule has 0 aliphatic rings. The molecular weight excluding hydrogens is 541 g/mol. The van der Waals surface area contributed by atoms with Gasteiger partial charge in [-0.05, 0) is 48.4 Å². The number of rotatable bonds is 12. The Labute approximate surface area is 224 Å². The number of benzene rings is 3. The lowest BCUT2D eigenvalue weighted by Crippen LogP contribution is -2.34. The summed E-state index contributed by atoms with van der Waals surface area (Å²) in [6, 6.07) is 17.8. The maximum atomic E-state index is 13.7. The topological polar surface area (TPSA) is 103 Å². The van der Waals surface area contributed by atoms with Crippen molar-refractivity contribution >= 4 is 33.1 Å². The van der Waals surface area contributed by atoms with Crippen LogP contribution in [0.3, 0.4) is 0 Å². The van der Waals surface area contributed by atoms with Crippen molar-refractivity contribution in [3.63, 3.8) is 0 Å². The number of para-hydroxylation sites is 1. The molecule has 0 saturated carbocycles. The van der Waals surface area contributed by atoms with Gasteiger partial charge in [0.15, 0.2) is 5.75 Å². The van der Waals surface area contributed by atoms with Crippen molar-refractivity contribution in [2.75, 3.05) is 18.4 Å². The maximum absolute atomic E-state index is 13.7. The molecule has 12 heteroatoms. The summed E-state index contributed by atoms with van der Waals surface area (Å²) in [5, 5.41) is 5.40. The second-order valence-corrected chi connectivity index (χ2v) is 10.6. The second kappa shape index (κ2) is 13.0. The molecule has 0 saturated heterocycles. The van der Waals surface area contributed by atoms with Crippen molar-refractivity contribution in [2.45, 2.75) is 37.4 Å². The fourth-order valence-corrected chi connectivity index (χ4v) is 4.83. The molecule has 0 heterocycles. The molecule has 204 valence electrons. The van der Waals surface area contributed by atoms with Crippen LogP contribution in [0.2, 0.25) is 5.02 Å². The molecule has 3 aromatic carbocycles. The molecule has 1 amide bonds. The van der Waals surface area contributed by atoms with Crippen LogP contribution in [0.1, 0.15) is 35.7 Å². The van der Waals surface area contributed by atoms with E-state index in [0.29, 0.717) is 22.9 Å². The van der Waals surface area contributed by atoms with Crippen molar-refractivity contribution in [3.8, 4) is 11.5 Å². The first kappa shape index (κ1) is 29.3. The van der Waals surface area contributed by atoms with E-state index in [1.165, 1.54) is 6.07 Å². The summed E-state index contributed by atoms with van der Waals surface area (Å²) in [5.41, 5.74) is 0.679. The Bertz CT molecular complexity index is 1350. The Hall–Kier alpha value is -3.28. The van der Waals surface area contributed by atoms with E-state index in [9.17, 15) is 22.2 Å². The highest BCUT2D eigenvalue weighted by molar-refractivity contribution is 7.90. The average molecular weight is 569 g/mol. The molecule has 3 rings (SSSR count). The summed E-state index contributed by atoms with van der Waals surface area (Å²) < 4.78 is 69.4. The van der Waals surface area contributed by atoms with Crippen molar-refractivity contribution in [2.24, 2.45) is 0 Å². The number of alkyl halides is 3. The minimum absolute atomic E-state index is 0.00321. The maximum Gasteiger partial charge on any atom is 0.405 e. The summed E-state index contributed by atoms with van der Waals surface area (Å²) in [6.45, 7) is 0.887. The number of nitrogens with one attached hydrogen (secondary N) is 4. The van der Waals surface area contributed by atoms with E-state index in [1.54, 1.807) is 54.6 Å². The summed E-state index contributed by atoms with van der Waals surface area (Å²) in [7, 11) is -3.83. The third-order valence-corrected chi connectivity index (χ3v) is 6.96. The van der Waals surface area contributed by atoms with E-state index in [-0.39, 0.29) is 28.4 Å². The Morgan fingerprint density at radius 1 is 1.08 bits per heavy atom. The third kappa shape index (κ3) is 8.64. The number of anilines is 1. The van der Waals surface area contributed by atoms with Gasteiger partial charge in [-0.1, -0.05) is 55.3 Å². The van der Waals surface area contributed by atoms with Crippen LogP contribution in [0.5, 0.6) is 11.5 Å². The summed E-state index contributed by atoms with van der Waals surface area (Å²) in [4.78, 5) is 12.5. The first-order valence-electron chi connectivity index (χ1n) is 11.8. The summed E-state index contributed by atoms with van der Waals surface area (Å²) in [6.07, 6.45) is -3.02. The Morgan fingerprint density at radius 2 is 1.82 bits per heavy atom. The van der Waals surface area contributed by atoms with Crippen molar-refractivity contribution in [1.82, 2.24) is 10.0 Å². The van der Waals surface area contributed by atoms with Gasteiger partial charge in [-0.3, -0.25) is 4.79 Å². The first-order valence-corrected chi connectivity index (χ1v) is 13.7. The molecule has 0 radical (unpaired) electrons. The van der Waals surface area contributed by atoms with Gasteiger partial charge in [0.2, 0.25) is 0 Å². The zero-order valence-electron chi connectivity index (χ0n) is 20.5. The predicted octanol–water partition coefficient (Wildman–Crippen LogP) is 6.75. The quantitative estimate of drug-likeness (QED) is 0.181. The number of ether oxygens (including phenoxy) is 1. The largest absolute Gasteiger partial charge is 0.454 e. The lowest BCUT2D eigenvalue weighted by Gasteiger charge is -2.20. The number of carbonyl (C=O) groups excluding carboxylic acids is 1. The van der Waals surface area contributed by atoms with Gasteiger partial charge in [-0.25, -0.2) is 13.7 Å². The van der Waals surface area contributed by atoms with Gasteiger partial charge >= 0.3 is 6.18 Å². The molecule has 0 aromatic heterocycles. The zero-order valence-corrected chi connectivity index (χ0v) is 22.1. The average Bonchev–Trinajstić information content (AvgIpc) is 2.87. The highest BCUT2D eigenvalue weighted by Gasteiger charge is 2.29. The van der Waals surface area contributed by atoms with E-state index in [1.807, 2.05) is 12.2 Å². The minimum Gasteiger partial charge on any atom is -0.454 e. The fourth-order valence-electron chi connectivity index (χ4n) is 3.38. The molecule has 0 fully saturated rings. The van der Waals surface area contributed by atoms with E-state index in [4.69, 9.17) is 21.1 Å². The second-order valence-electron chi connectivity index (χ2n) is 8.35. The van der Waals surface area contributed by atoms with Gasteiger partial charge in [0.25, 0.3) is 5.91 Å². The Morgan fingerprint density at radius 3 is 2.47 bits per heavy atom. The van der Waals surface area contributed by atoms with E-state index in [2.05, 4.69) is 10.0 Å². The van der Waals surface area contributed by atoms with Crippen molar-refractivity contribution < 1.29 is 26.9 Å². The number of hydrogen-bond donors (Lipinski definition) is 4. The van der Waals surface area contributed by atoms with Crippen LogP contribution in [0.15, 0.2) is 71.6 Å². The third-order valence-electron chi connectivity index (χ3n) is 5.25. The SMILES string of the molecule is CCCCNc1cc(C(=O)NCC(F)(F)F)cc(S(=N)(=O)NCc2cccc(Cl)c2)c1Oc1ccccc1. The zero-order chi connectivity index (χ0) is 27.8. The lowest BCUT2D eigenvalue weighted by molar-refractivity contribution is -0.123. The standard InChI is InChI=1S/C26H28ClF3N4O3S/c1-2-3-12-32-22-14-19(25(35)33-17-26(28,29)30)15-23(24(22)37-21-10-5-4-6-11-21)38(31,36)34-16-18-8-7-9-20(27)13-18/h4-11,13-15,32H,2-3,12,16-17H2,1H3,(H,33,35)(H2,31,34,36). The molecule has 1 atom stereocenters. The van der Waals surface area contributed by atoms with Gasteiger partial charge in [-0.15, -0.1) is 0 Å². The molecule has 0 aliphatic carbocycles. The molecule has 1 unspecified atom stereocenters. The lowest BCUT2D eigenvalue weighted by atomic mass is 10.1. The van der Waals surface area contributed by atoms with Gasteiger partial charge in [-0.2, -0.15) is 13.2 Å². The highest BCUT2D eigenvalue weighted by Crippen LogP contribution is 2.38. The van der Waals surface area contributed by atoms with Gasteiger partial charge in [0.1, 0.15) is 27.1 Å². The highest BCUT2D eigenvalue weighted by atomic mass is 35.5. The van der Waals surface area contributed by atoms with Gasteiger partial charge in [0.05, 0.1) is 5.69 Å². The number of halogens is 4. The summed E-state index contributed by atoms with van der Waals surface area (Å²) >= 11 is 6.03. The normalized spacial score (nSPS) is 13.0. The van der Waals surface area contributed by atoms with E-state index < -0.39 is 28.5 Å². The van der Waals surface area contributed by atoms with Crippen LogP contribution >= 0.6 is 11.6 Å². The summed E-state index contributed by atoms with van der Waals surface area (Å²) in [5.74, 6) is -0.622. The Balaban J connectivity index is 2.08. The number of hydrogen-bond acceptors (Lipinski definition) is 5.